The Morgan fingerprint density at radius 2 is 2.17 bits per heavy atom. The van der Waals surface area contributed by atoms with Crippen LogP contribution in [0.15, 0.2) is 22.7 Å². The fourth-order valence-electron chi connectivity index (χ4n) is 1.61. The highest BCUT2D eigenvalue weighted by molar-refractivity contribution is 9.10. The zero-order chi connectivity index (χ0) is 13.3. The molecule has 3 N–H and O–H groups in total. The van der Waals surface area contributed by atoms with Gasteiger partial charge in [-0.25, -0.2) is 8.42 Å². The molecule has 0 heterocycles. The Kier molecular flexibility index (Phi) is 3.93. The van der Waals surface area contributed by atoms with Gasteiger partial charge in [-0.05, 0) is 37.0 Å². The molecule has 1 saturated carbocycles. The smallest absolute Gasteiger partial charge is 0.233 e. The van der Waals surface area contributed by atoms with Gasteiger partial charge in [0.1, 0.15) is 4.99 Å². The molecule has 0 amide bonds. The highest BCUT2D eigenvalue weighted by Crippen LogP contribution is 2.31. The standard InChI is InChI=1S/C11H13BrN2O2S2/c12-8-3-4-10(9(5-8)11(13)17)14-18(15,16)6-7-1-2-7/h3-5,7,14H,1-2,6H2,(H2,13,17). The quantitative estimate of drug-likeness (QED) is 0.800. The number of hydrogen-bond donors (Lipinski definition) is 2. The molecule has 1 aromatic carbocycles. The summed E-state index contributed by atoms with van der Waals surface area (Å²) < 4.78 is 27.2. The van der Waals surface area contributed by atoms with Gasteiger partial charge >= 0.3 is 0 Å². The van der Waals surface area contributed by atoms with Crippen LogP contribution in [0.1, 0.15) is 18.4 Å². The number of anilines is 1. The SMILES string of the molecule is NC(=S)c1cc(Br)ccc1NS(=O)(=O)CC1CC1. The monoisotopic (exact) mass is 348 g/mol. The minimum absolute atomic E-state index is 0.167. The summed E-state index contributed by atoms with van der Waals surface area (Å²) in [5.74, 6) is 0.464. The van der Waals surface area contributed by atoms with Crippen LogP contribution in [0, 0.1) is 5.92 Å². The maximum atomic E-state index is 11.9. The second-order valence-electron chi connectivity index (χ2n) is 4.38. The van der Waals surface area contributed by atoms with E-state index in [1.807, 2.05) is 0 Å². The van der Waals surface area contributed by atoms with Crippen LogP contribution in [0.4, 0.5) is 5.69 Å². The van der Waals surface area contributed by atoms with Crippen molar-refractivity contribution in [2.24, 2.45) is 11.7 Å². The summed E-state index contributed by atoms with van der Waals surface area (Å²) in [4.78, 5) is 0.167. The van der Waals surface area contributed by atoms with E-state index < -0.39 is 10.0 Å². The Morgan fingerprint density at radius 1 is 1.50 bits per heavy atom. The second-order valence-corrected chi connectivity index (χ2v) is 7.50. The van der Waals surface area contributed by atoms with E-state index in [1.165, 1.54) is 0 Å². The summed E-state index contributed by atoms with van der Waals surface area (Å²) in [5.41, 5.74) is 6.55. The van der Waals surface area contributed by atoms with Crippen molar-refractivity contribution in [3.05, 3.63) is 28.2 Å². The summed E-state index contributed by atoms with van der Waals surface area (Å²) in [5, 5.41) is 0. The number of thiocarbonyl (C=S) groups is 1. The molecular weight excluding hydrogens is 336 g/mol. The van der Waals surface area contributed by atoms with Crippen LogP contribution in [-0.4, -0.2) is 19.2 Å². The van der Waals surface area contributed by atoms with E-state index in [2.05, 4.69) is 20.7 Å². The normalized spacial score (nSPS) is 15.4. The van der Waals surface area contributed by atoms with E-state index in [0.29, 0.717) is 17.2 Å². The number of hydrogen-bond acceptors (Lipinski definition) is 3. The van der Waals surface area contributed by atoms with Crippen molar-refractivity contribution in [2.75, 3.05) is 10.5 Å². The topological polar surface area (TPSA) is 72.2 Å². The maximum Gasteiger partial charge on any atom is 0.233 e. The van der Waals surface area contributed by atoms with Crippen molar-refractivity contribution >= 4 is 48.8 Å². The average Bonchev–Trinajstić information content (AvgIpc) is 3.03. The van der Waals surface area contributed by atoms with Crippen molar-refractivity contribution in [3.63, 3.8) is 0 Å². The predicted octanol–water partition coefficient (Wildman–Crippen LogP) is 2.24. The molecule has 1 aromatic rings. The van der Waals surface area contributed by atoms with Gasteiger partial charge in [0.15, 0.2) is 0 Å². The number of halogens is 1. The first-order valence-corrected chi connectivity index (χ1v) is 8.32. The van der Waals surface area contributed by atoms with E-state index in [0.717, 1.165) is 17.3 Å². The Balaban J connectivity index is 2.25. The molecule has 0 unspecified atom stereocenters. The molecule has 0 atom stereocenters. The van der Waals surface area contributed by atoms with Gasteiger partial charge in [-0.2, -0.15) is 0 Å². The minimum atomic E-state index is -3.32. The molecule has 98 valence electrons. The van der Waals surface area contributed by atoms with E-state index in [4.69, 9.17) is 18.0 Å². The van der Waals surface area contributed by atoms with Crippen LogP contribution in [0.2, 0.25) is 0 Å². The lowest BCUT2D eigenvalue weighted by atomic mass is 10.2. The predicted molar refractivity (Wildman–Crippen MR) is 80.2 cm³/mol. The highest BCUT2D eigenvalue weighted by atomic mass is 79.9. The Morgan fingerprint density at radius 3 is 2.72 bits per heavy atom. The molecule has 18 heavy (non-hydrogen) atoms. The Labute approximate surface area is 120 Å². The lowest BCUT2D eigenvalue weighted by Crippen LogP contribution is -2.21. The van der Waals surface area contributed by atoms with E-state index in [-0.39, 0.29) is 10.7 Å². The first kappa shape index (κ1) is 13.8. The Hall–Kier alpha value is -0.660. The molecule has 0 bridgehead atoms. The number of benzene rings is 1. The fraction of sp³-hybridized carbons (Fsp3) is 0.364. The number of nitrogens with one attached hydrogen (secondary N) is 1. The molecule has 0 saturated heterocycles. The van der Waals surface area contributed by atoms with Crippen molar-refractivity contribution in [3.8, 4) is 0 Å². The largest absolute Gasteiger partial charge is 0.389 e. The van der Waals surface area contributed by atoms with E-state index in [9.17, 15) is 8.42 Å². The molecule has 2 rings (SSSR count). The van der Waals surface area contributed by atoms with Crippen LogP contribution < -0.4 is 10.5 Å². The molecule has 0 aromatic heterocycles. The fourth-order valence-corrected chi connectivity index (χ4v) is 3.69. The summed E-state index contributed by atoms with van der Waals surface area (Å²) in [7, 11) is -3.32. The lowest BCUT2D eigenvalue weighted by Gasteiger charge is -2.12. The third-order valence-corrected chi connectivity index (χ3v) is 4.82. The molecule has 0 radical (unpaired) electrons. The van der Waals surface area contributed by atoms with Gasteiger partial charge in [0.25, 0.3) is 0 Å². The molecule has 4 nitrogen and oxygen atoms in total. The van der Waals surface area contributed by atoms with Crippen molar-refractivity contribution in [1.82, 2.24) is 0 Å². The molecule has 0 spiro atoms. The van der Waals surface area contributed by atoms with Crippen LogP contribution >= 0.6 is 28.1 Å². The number of rotatable bonds is 5. The van der Waals surface area contributed by atoms with Gasteiger partial charge in [0, 0.05) is 10.0 Å². The van der Waals surface area contributed by atoms with Crippen LogP contribution in [0.5, 0.6) is 0 Å². The first-order valence-electron chi connectivity index (χ1n) is 5.47. The third-order valence-electron chi connectivity index (χ3n) is 2.66. The Bertz CT molecular complexity index is 583. The van der Waals surface area contributed by atoms with Gasteiger partial charge in [-0.15, -0.1) is 0 Å². The van der Waals surface area contributed by atoms with Crippen molar-refractivity contribution in [2.45, 2.75) is 12.8 Å². The number of sulfonamides is 1. The van der Waals surface area contributed by atoms with Crippen LogP contribution in [0.25, 0.3) is 0 Å². The van der Waals surface area contributed by atoms with Gasteiger partial charge in [-0.3, -0.25) is 4.72 Å². The van der Waals surface area contributed by atoms with E-state index in [1.54, 1.807) is 18.2 Å². The number of nitrogens with two attached hydrogens (primary N) is 1. The van der Waals surface area contributed by atoms with Crippen LogP contribution in [0.3, 0.4) is 0 Å². The third kappa shape index (κ3) is 3.66. The molecular formula is C11H13BrN2O2S2. The zero-order valence-electron chi connectivity index (χ0n) is 9.52. The molecule has 1 fully saturated rings. The highest BCUT2D eigenvalue weighted by Gasteiger charge is 2.28. The minimum Gasteiger partial charge on any atom is -0.389 e. The lowest BCUT2D eigenvalue weighted by molar-refractivity contribution is 0.597. The zero-order valence-corrected chi connectivity index (χ0v) is 12.7. The second kappa shape index (κ2) is 5.14. The summed E-state index contributed by atoms with van der Waals surface area (Å²) in [6.45, 7) is 0. The summed E-state index contributed by atoms with van der Waals surface area (Å²) in [6, 6.07) is 5.11. The maximum absolute atomic E-state index is 11.9. The summed E-state index contributed by atoms with van der Waals surface area (Å²) >= 11 is 8.22. The van der Waals surface area contributed by atoms with E-state index >= 15 is 0 Å². The van der Waals surface area contributed by atoms with Gasteiger partial charge in [0.05, 0.1) is 11.4 Å². The van der Waals surface area contributed by atoms with Crippen LogP contribution in [-0.2, 0) is 10.0 Å². The molecule has 0 aliphatic heterocycles. The van der Waals surface area contributed by atoms with Gasteiger partial charge < -0.3 is 5.73 Å². The van der Waals surface area contributed by atoms with Gasteiger partial charge in [-0.1, -0.05) is 28.1 Å². The molecule has 7 heteroatoms. The first-order chi connectivity index (χ1) is 8.37. The molecule has 1 aliphatic rings. The molecule has 1 aliphatic carbocycles. The van der Waals surface area contributed by atoms with Gasteiger partial charge in [0.2, 0.25) is 10.0 Å². The van der Waals surface area contributed by atoms with Crippen molar-refractivity contribution in [1.29, 1.82) is 0 Å². The summed E-state index contributed by atoms with van der Waals surface area (Å²) in [6.07, 6.45) is 1.98. The van der Waals surface area contributed by atoms with Crippen molar-refractivity contribution < 1.29 is 8.42 Å². The average molecular weight is 349 g/mol.